The number of ether oxygens (including phenoxy) is 1. The van der Waals surface area contributed by atoms with Crippen LogP contribution in [0.1, 0.15) is 17.3 Å². The molecule has 0 saturated carbocycles. The Bertz CT molecular complexity index is 1080. The van der Waals surface area contributed by atoms with Crippen LogP contribution < -0.4 is 15.0 Å². The second-order valence-electron chi connectivity index (χ2n) is 6.31. The summed E-state index contributed by atoms with van der Waals surface area (Å²) in [5.74, 6) is -0.645. The number of carbonyl (C=O) groups excluding carboxylic acids is 2. The van der Waals surface area contributed by atoms with Crippen LogP contribution in [0.15, 0.2) is 47.8 Å². The number of rotatable bonds is 3. The molecule has 0 radical (unpaired) electrons. The minimum atomic E-state index is -0.589. The topological polar surface area (TPSA) is 71.5 Å². The molecule has 1 N–H and O–H groups in total. The first-order valence-electron chi connectivity index (χ1n) is 8.54. The van der Waals surface area contributed by atoms with Crippen LogP contribution in [0.2, 0.25) is 0 Å². The Kier molecular flexibility index (Phi) is 4.56. The van der Waals surface area contributed by atoms with Gasteiger partial charge in [0.15, 0.2) is 11.2 Å². The predicted octanol–water partition coefficient (Wildman–Crippen LogP) is 3.95. The van der Waals surface area contributed by atoms with Gasteiger partial charge >= 0.3 is 0 Å². The van der Waals surface area contributed by atoms with Gasteiger partial charge in [-0.1, -0.05) is 12.1 Å². The van der Waals surface area contributed by atoms with Crippen LogP contribution in [0.5, 0.6) is 5.75 Å². The first-order valence-corrected chi connectivity index (χ1v) is 9.42. The number of nitrogens with one attached hydrogen (secondary N) is 1. The van der Waals surface area contributed by atoms with Crippen molar-refractivity contribution < 1.29 is 18.7 Å². The highest BCUT2D eigenvalue weighted by atomic mass is 32.1. The number of nitrogens with zero attached hydrogens (tertiary/aromatic N) is 2. The number of anilines is 2. The third-order valence-electron chi connectivity index (χ3n) is 4.44. The highest BCUT2D eigenvalue weighted by Crippen LogP contribution is 2.37. The Morgan fingerprint density at radius 2 is 2.07 bits per heavy atom. The highest BCUT2D eigenvalue weighted by molar-refractivity contribution is 7.14. The first kappa shape index (κ1) is 18.1. The Morgan fingerprint density at radius 3 is 2.86 bits per heavy atom. The summed E-state index contributed by atoms with van der Waals surface area (Å²) in [5, 5.41) is 4.75. The number of aromatic nitrogens is 1. The summed E-state index contributed by atoms with van der Waals surface area (Å²) in [5.41, 5.74) is 2.03. The molecule has 1 atom stereocenters. The molecule has 142 valence electrons. The Labute approximate surface area is 164 Å². The molecule has 0 aliphatic carbocycles. The minimum absolute atomic E-state index is 0.0422. The molecule has 4 rings (SSSR count). The van der Waals surface area contributed by atoms with Gasteiger partial charge in [-0.05, 0) is 37.3 Å². The van der Waals surface area contributed by atoms with Crippen molar-refractivity contribution in [3.63, 3.8) is 0 Å². The largest absolute Gasteiger partial charge is 0.479 e. The van der Waals surface area contributed by atoms with E-state index in [-0.39, 0.29) is 11.5 Å². The quantitative estimate of drug-likeness (QED) is 0.727. The molecular weight excluding hydrogens is 381 g/mol. The molecule has 28 heavy (non-hydrogen) atoms. The maximum atomic E-state index is 13.7. The molecule has 2 aromatic carbocycles. The van der Waals surface area contributed by atoms with Crippen LogP contribution in [0.3, 0.4) is 0 Å². The highest BCUT2D eigenvalue weighted by Gasteiger charge is 2.29. The fourth-order valence-electron chi connectivity index (χ4n) is 2.94. The molecule has 0 spiro atoms. The lowest BCUT2D eigenvalue weighted by Gasteiger charge is -2.30. The SMILES string of the molecule is C[C@@H]1Oc2ccc(-c3csc(NC(=O)c4ccccc4F)n3)cc2N(C)C1=O. The van der Waals surface area contributed by atoms with Crippen molar-refractivity contribution in [1.82, 2.24) is 4.98 Å². The number of halogens is 1. The average molecular weight is 397 g/mol. The van der Waals surface area contributed by atoms with Crippen molar-refractivity contribution >= 4 is 34.0 Å². The van der Waals surface area contributed by atoms with Crippen molar-refractivity contribution in [2.24, 2.45) is 0 Å². The lowest BCUT2D eigenvalue weighted by molar-refractivity contribution is -0.125. The summed E-state index contributed by atoms with van der Waals surface area (Å²) in [4.78, 5) is 30.3. The van der Waals surface area contributed by atoms with Crippen molar-refractivity contribution in [2.75, 3.05) is 17.3 Å². The molecule has 0 fully saturated rings. The van der Waals surface area contributed by atoms with E-state index in [9.17, 15) is 14.0 Å². The van der Waals surface area contributed by atoms with Crippen LogP contribution in [-0.4, -0.2) is 29.9 Å². The lowest BCUT2D eigenvalue weighted by atomic mass is 10.1. The number of carbonyl (C=O) groups is 2. The molecule has 1 aromatic heterocycles. The smallest absolute Gasteiger partial charge is 0.267 e. The molecule has 0 saturated heterocycles. The van der Waals surface area contributed by atoms with E-state index >= 15 is 0 Å². The monoisotopic (exact) mass is 397 g/mol. The number of amides is 2. The van der Waals surface area contributed by atoms with Crippen molar-refractivity contribution in [3.05, 3.63) is 59.2 Å². The van der Waals surface area contributed by atoms with E-state index < -0.39 is 17.8 Å². The fraction of sp³-hybridized carbons (Fsp3) is 0.150. The number of thiazole rings is 1. The third-order valence-corrected chi connectivity index (χ3v) is 5.20. The van der Waals surface area contributed by atoms with Gasteiger partial charge in [-0.3, -0.25) is 14.9 Å². The van der Waals surface area contributed by atoms with Crippen LogP contribution in [0, 0.1) is 5.82 Å². The number of fused-ring (bicyclic) bond motifs is 1. The van der Waals surface area contributed by atoms with E-state index in [2.05, 4.69) is 10.3 Å². The van der Waals surface area contributed by atoms with E-state index in [1.54, 1.807) is 36.4 Å². The van der Waals surface area contributed by atoms with Gasteiger partial charge in [0.2, 0.25) is 0 Å². The van der Waals surface area contributed by atoms with Crippen molar-refractivity contribution in [3.8, 4) is 17.0 Å². The number of benzene rings is 2. The summed E-state index contributed by atoms with van der Waals surface area (Å²) in [6, 6.07) is 11.2. The van der Waals surface area contributed by atoms with Gasteiger partial charge < -0.3 is 9.64 Å². The van der Waals surface area contributed by atoms with Gasteiger partial charge in [0.05, 0.1) is 16.9 Å². The average Bonchev–Trinajstić information content (AvgIpc) is 3.15. The molecule has 8 heteroatoms. The van der Waals surface area contributed by atoms with E-state index in [1.807, 2.05) is 12.1 Å². The van der Waals surface area contributed by atoms with E-state index in [0.717, 1.165) is 5.56 Å². The molecular formula is C20H16FN3O3S. The maximum Gasteiger partial charge on any atom is 0.267 e. The lowest BCUT2D eigenvalue weighted by Crippen LogP contribution is -2.41. The molecule has 0 unspecified atom stereocenters. The minimum Gasteiger partial charge on any atom is -0.479 e. The predicted molar refractivity (Wildman–Crippen MR) is 105 cm³/mol. The number of hydrogen-bond acceptors (Lipinski definition) is 5. The van der Waals surface area contributed by atoms with Crippen LogP contribution in [0.4, 0.5) is 15.2 Å². The molecule has 3 aromatic rings. The van der Waals surface area contributed by atoms with Crippen LogP contribution in [-0.2, 0) is 4.79 Å². The van der Waals surface area contributed by atoms with Gasteiger partial charge in [0, 0.05) is 18.0 Å². The summed E-state index contributed by atoms with van der Waals surface area (Å²) in [7, 11) is 1.70. The number of likely N-dealkylation sites (N-methyl/N-ethyl adjacent to an activating group) is 1. The van der Waals surface area contributed by atoms with Crippen molar-refractivity contribution in [1.29, 1.82) is 0 Å². The van der Waals surface area contributed by atoms with Crippen molar-refractivity contribution in [2.45, 2.75) is 13.0 Å². The molecule has 6 nitrogen and oxygen atoms in total. The summed E-state index contributed by atoms with van der Waals surface area (Å²) >= 11 is 1.24. The third kappa shape index (κ3) is 3.22. The zero-order valence-electron chi connectivity index (χ0n) is 15.1. The summed E-state index contributed by atoms with van der Waals surface area (Å²) < 4.78 is 19.4. The van der Waals surface area contributed by atoms with Gasteiger partial charge in [-0.15, -0.1) is 11.3 Å². The summed E-state index contributed by atoms with van der Waals surface area (Å²) in [6.45, 7) is 1.71. The Balaban J connectivity index is 1.58. The number of hydrogen-bond donors (Lipinski definition) is 1. The van der Waals surface area contributed by atoms with Gasteiger partial charge in [0.25, 0.3) is 11.8 Å². The molecule has 2 heterocycles. The van der Waals surface area contributed by atoms with Crippen LogP contribution >= 0.6 is 11.3 Å². The Hall–Kier alpha value is -3.26. The van der Waals surface area contributed by atoms with Gasteiger partial charge in [-0.2, -0.15) is 0 Å². The van der Waals surface area contributed by atoms with E-state index in [4.69, 9.17) is 4.74 Å². The van der Waals surface area contributed by atoms with Gasteiger partial charge in [0.1, 0.15) is 11.6 Å². The van der Waals surface area contributed by atoms with E-state index in [1.165, 1.54) is 29.5 Å². The standard InChI is InChI=1S/C20H16FN3O3S/c1-11-19(26)24(2)16-9-12(7-8-17(16)27-11)15-10-28-20(22-15)23-18(25)13-5-3-4-6-14(13)21/h3-11H,1-2H3,(H,22,23,25)/t11-/m0/s1. The first-order chi connectivity index (χ1) is 13.4. The second-order valence-corrected chi connectivity index (χ2v) is 7.17. The zero-order valence-corrected chi connectivity index (χ0v) is 15.9. The second kappa shape index (κ2) is 7.05. The Morgan fingerprint density at radius 1 is 1.29 bits per heavy atom. The normalized spacial score (nSPS) is 15.8. The molecule has 2 amide bonds. The fourth-order valence-corrected chi connectivity index (χ4v) is 3.66. The molecule has 0 bridgehead atoms. The summed E-state index contributed by atoms with van der Waals surface area (Å²) in [6.07, 6.45) is -0.525. The van der Waals surface area contributed by atoms with Crippen LogP contribution in [0.25, 0.3) is 11.3 Å². The molecule has 1 aliphatic rings. The molecule has 1 aliphatic heterocycles. The maximum absolute atomic E-state index is 13.7. The van der Waals surface area contributed by atoms with E-state index in [0.29, 0.717) is 22.3 Å². The zero-order chi connectivity index (χ0) is 19.8. The van der Waals surface area contributed by atoms with Gasteiger partial charge in [-0.25, -0.2) is 9.37 Å².